The van der Waals surface area contributed by atoms with Crippen molar-refractivity contribution in [3.8, 4) is 23.0 Å². The van der Waals surface area contributed by atoms with Crippen LogP contribution in [0.5, 0.6) is 23.0 Å². The first-order valence-electron chi connectivity index (χ1n) is 34.3. The molecule has 2 aromatic carbocycles. The molecule has 0 unspecified atom stereocenters. The molecule has 4 aliphatic rings. The van der Waals surface area contributed by atoms with Crippen LogP contribution < -0.4 is 39.6 Å². The minimum atomic E-state index is -2.23. The van der Waals surface area contributed by atoms with Crippen molar-refractivity contribution in [2.45, 2.75) is 339 Å². The quantitative estimate of drug-likeness (QED) is 0.181. The van der Waals surface area contributed by atoms with Crippen LogP contribution in [0.15, 0.2) is 0 Å². The Morgan fingerprint density at radius 3 is 0.322 bits per heavy atom. The predicted molar refractivity (Wildman–Crippen MR) is 373 cm³/mol. The summed E-state index contributed by atoms with van der Waals surface area (Å²) in [6.07, 6.45) is 10.2. The molecule has 4 saturated heterocycles. The molecule has 4 aliphatic heterocycles. The Balaban J connectivity index is -0.000000220. The van der Waals surface area contributed by atoms with Crippen molar-refractivity contribution >= 4 is 33.3 Å². The van der Waals surface area contributed by atoms with Crippen molar-refractivity contribution in [1.82, 2.24) is 0 Å². The number of ether oxygens (including phenoxy) is 4. The van der Waals surface area contributed by atoms with E-state index in [1.54, 1.807) is 55.4 Å². The smallest absolute Gasteiger partial charge is 0.872 e. The Hall–Kier alpha value is 0.941. The molecular formula is C72H140Ce2O12Si4. The third-order valence-electron chi connectivity index (χ3n) is 19.1. The molecule has 4 heterocycles. The largest absolute Gasteiger partial charge is 4.00 e. The van der Waals surface area contributed by atoms with Gasteiger partial charge in [0.05, 0.1) is 0 Å². The van der Waals surface area contributed by atoms with E-state index in [4.69, 9.17) is 18.9 Å². The van der Waals surface area contributed by atoms with Gasteiger partial charge in [0.1, 0.15) is 0 Å². The normalized spacial score (nSPS) is 14.8. The first-order valence-corrected chi connectivity index (χ1v) is 42.8. The van der Waals surface area contributed by atoms with Gasteiger partial charge in [-0.25, -0.2) is 0 Å². The Kier molecular flexibility index (Phi) is 58.9. The standard InChI is InChI=1S/2C10H14O2.4C9H21OSi.4C4H8O.2Ce/c2*1-5-6(2)10(12)8(4)7(3)9(5)11;4*1-7(2)11(10,8(3)4)9(5)6;4*1-2-4-5-3-1;;/h2*11-12H,1-4H3;4*7-9H,1-6H3;4*1-4H2;;/q;;4*-1;;;;;2*+4/p-4. The van der Waals surface area contributed by atoms with E-state index in [0.29, 0.717) is 111 Å². The molecule has 2 aromatic rings. The van der Waals surface area contributed by atoms with Crippen LogP contribution in [0, 0.1) is 139 Å². The van der Waals surface area contributed by atoms with Gasteiger partial charge in [0, 0.05) is 52.9 Å². The van der Waals surface area contributed by atoms with Crippen molar-refractivity contribution in [3.63, 3.8) is 0 Å². The van der Waals surface area contributed by atoms with Gasteiger partial charge in [-0.1, -0.05) is 277 Å². The number of hydrogen-bond donors (Lipinski definition) is 0. The second-order valence-electron chi connectivity index (χ2n) is 28.9. The minimum absolute atomic E-state index is 0. The second kappa shape index (κ2) is 52.0. The summed E-state index contributed by atoms with van der Waals surface area (Å²) in [5.74, 6) is 0.0170. The van der Waals surface area contributed by atoms with Crippen LogP contribution in [-0.2, 0) is 18.9 Å². The molecule has 0 N–H and O–H groups in total. The minimum Gasteiger partial charge on any atom is -0.872 e. The molecule has 4 fully saturated rings. The molecule has 6 rings (SSSR count). The van der Waals surface area contributed by atoms with Crippen LogP contribution in [0.1, 0.15) is 262 Å². The fourth-order valence-corrected chi connectivity index (χ4v) is 28.5. The Bertz CT molecular complexity index is 1560. The van der Waals surface area contributed by atoms with Crippen molar-refractivity contribution in [2.24, 2.45) is 0 Å². The molecule has 0 radical (unpaired) electrons. The van der Waals surface area contributed by atoms with E-state index in [1.165, 1.54) is 51.4 Å². The molecule has 0 saturated carbocycles. The molecule has 0 atom stereocenters. The van der Waals surface area contributed by atoms with Gasteiger partial charge in [-0.15, -0.1) is 23.0 Å². The summed E-state index contributed by atoms with van der Waals surface area (Å²) < 4.78 is 19.8. The van der Waals surface area contributed by atoms with E-state index < -0.39 is 33.3 Å². The summed E-state index contributed by atoms with van der Waals surface area (Å²) in [6, 6.07) is 0. The summed E-state index contributed by atoms with van der Waals surface area (Å²) >= 11 is 0. The van der Waals surface area contributed by atoms with Crippen molar-refractivity contribution in [2.75, 3.05) is 52.9 Å². The average molecular weight is 1590 g/mol. The van der Waals surface area contributed by atoms with E-state index >= 15 is 0 Å². The van der Waals surface area contributed by atoms with Crippen LogP contribution in [0.4, 0.5) is 0 Å². The van der Waals surface area contributed by atoms with Crippen LogP contribution in [0.3, 0.4) is 0 Å². The molecule has 0 amide bonds. The molecule has 0 bridgehead atoms. The predicted octanol–water partition coefficient (Wildman–Crippen LogP) is 15.4. The Morgan fingerprint density at radius 1 is 0.211 bits per heavy atom. The summed E-state index contributed by atoms with van der Waals surface area (Å²) in [4.78, 5) is 49.4. The average Bonchev–Trinajstić information content (AvgIpc) is 4.23. The van der Waals surface area contributed by atoms with E-state index in [-0.39, 0.29) is 106 Å². The Labute approximate surface area is 628 Å². The molecule has 18 heteroatoms. The summed E-state index contributed by atoms with van der Waals surface area (Å²) in [7, 11) is -8.93. The molecule has 524 valence electrons. The zero-order valence-electron chi connectivity index (χ0n) is 64.1. The van der Waals surface area contributed by atoms with E-state index in [0.717, 1.165) is 52.9 Å². The van der Waals surface area contributed by atoms with Gasteiger partial charge in [-0.2, -0.15) is 0 Å². The summed E-state index contributed by atoms with van der Waals surface area (Å²) in [5.41, 5.74) is 9.05. The first kappa shape index (κ1) is 102. The number of hydrogen-bond acceptors (Lipinski definition) is 12. The van der Waals surface area contributed by atoms with Gasteiger partial charge in [0.15, 0.2) is 0 Å². The van der Waals surface area contributed by atoms with E-state index in [1.807, 2.05) is 0 Å². The maximum atomic E-state index is 12.3. The second-order valence-corrected chi connectivity index (χ2v) is 49.5. The van der Waals surface area contributed by atoms with Gasteiger partial charge in [0.2, 0.25) is 0 Å². The van der Waals surface area contributed by atoms with Crippen LogP contribution in [0.2, 0.25) is 66.5 Å². The fraction of sp³-hybridized carbons (Fsp3) is 0.833. The SMILES string of the molecule is C1CCOC1.C1CCOC1.C1CCOC1.C1CCOC1.CC(C)[Si]([O-])(C(C)C)C(C)C.CC(C)[Si]([O-])(C(C)C)C(C)C.CC(C)[Si]([O-])(C(C)C)C(C)C.CC(C)[Si]([O-])(C(C)C)C(C)C.Cc1c(C)c([O-])c(C)c(C)c1[O-].Cc1c(C)c([O-])c(C)c(C)c1[O-].[Ce+4].[Ce+4]. The van der Waals surface area contributed by atoms with Gasteiger partial charge in [-0.3, -0.25) is 0 Å². The van der Waals surface area contributed by atoms with E-state index in [9.17, 15) is 39.6 Å². The monoisotopic (exact) mass is 1590 g/mol. The van der Waals surface area contributed by atoms with Gasteiger partial charge < -0.3 is 58.6 Å². The van der Waals surface area contributed by atoms with Gasteiger partial charge >= 0.3 is 83.5 Å². The zero-order chi connectivity index (χ0) is 70.0. The molecule has 0 spiro atoms. The van der Waals surface area contributed by atoms with E-state index in [2.05, 4.69) is 166 Å². The van der Waals surface area contributed by atoms with Crippen molar-refractivity contribution < 1.29 is 142 Å². The molecule has 0 aliphatic carbocycles. The molecular weight excluding hydrogens is 1450 g/mol. The topological polar surface area (TPSA) is 221 Å². The maximum absolute atomic E-state index is 12.3. The van der Waals surface area contributed by atoms with Crippen molar-refractivity contribution in [1.29, 1.82) is 0 Å². The zero-order valence-corrected chi connectivity index (χ0v) is 74.4. The van der Waals surface area contributed by atoms with Crippen molar-refractivity contribution in [3.05, 3.63) is 44.5 Å². The van der Waals surface area contributed by atoms with Crippen LogP contribution in [0.25, 0.3) is 0 Å². The number of rotatable bonds is 12. The molecule has 12 nitrogen and oxygen atoms in total. The molecule has 0 aromatic heterocycles. The maximum Gasteiger partial charge on any atom is 4.00 e. The third-order valence-corrected chi connectivity index (χ3v) is 40.8. The fourth-order valence-electron chi connectivity index (χ4n) is 12.5. The molecule has 90 heavy (non-hydrogen) atoms. The summed E-state index contributed by atoms with van der Waals surface area (Å²) in [5, 5.41) is 45.7. The summed E-state index contributed by atoms with van der Waals surface area (Å²) in [6.45, 7) is 71.6. The number of benzene rings is 2. The van der Waals surface area contributed by atoms with Crippen LogP contribution in [-0.4, -0.2) is 86.1 Å². The first-order chi connectivity index (χ1) is 40.2. The van der Waals surface area contributed by atoms with Crippen LogP contribution >= 0.6 is 0 Å². The third kappa shape index (κ3) is 34.6. The Morgan fingerprint density at radius 2 is 0.289 bits per heavy atom. The van der Waals surface area contributed by atoms with Gasteiger partial charge in [0.25, 0.3) is 0 Å². The van der Waals surface area contributed by atoms with Gasteiger partial charge in [-0.05, 0) is 140 Å².